The molecule has 0 spiro atoms. The molecule has 1 aliphatic rings. The first-order chi connectivity index (χ1) is 22.2. The average molecular weight is 595 g/mol. The molecule has 1 unspecified atom stereocenters. The number of nitrogens with zero attached hydrogens (tertiary/aromatic N) is 2. The van der Waals surface area contributed by atoms with Crippen molar-refractivity contribution in [3.63, 3.8) is 0 Å². The molecule has 2 aromatic heterocycles. The van der Waals surface area contributed by atoms with Gasteiger partial charge in [-0.05, 0) is 57.4 Å². The minimum atomic E-state index is -2.77. The Morgan fingerprint density at radius 2 is 1.16 bits per heavy atom. The van der Waals surface area contributed by atoms with E-state index >= 15 is 0 Å². The van der Waals surface area contributed by atoms with E-state index in [1.807, 2.05) is 0 Å². The number of allylic oxidation sites excluding steroid dienone is 4. The topological polar surface area (TPSA) is 17.8 Å². The second-order valence-corrected chi connectivity index (χ2v) is 16.0. The molecular weight excluding hydrogens is 561 g/mol. The van der Waals surface area contributed by atoms with Crippen molar-refractivity contribution in [2.24, 2.45) is 0 Å². The molecule has 0 N–H and O–H groups in total. The van der Waals surface area contributed by atoms with Crippen LogP contribution < -0.4 is 20.7 Å². The summed E-state index contributed by atoms with van der Waals surface area (Å²) in [4.78, 5) is 5.39. The first kappa shape index (κ1) is 27.3. The predicted octanol–water partition coefficient (Wildman–Crippen LogP) is 7.47. The van der Waals surface area contributed by atoms with Gasteiger partial charge in [-0.25, -0.2) is 4.98 Å². The van der Waals surface area contributed by atoms with Crippen LogP contribution in [0.3, 0.4) is 0 Å². The fourth-order valence-electron chi connectivity index (χ4n) is 7.37. The Labute approximate surface area is 265 Å². The lowest BCUT2D eigenvalue weighted by Crippen LogP contribution is -2.74. The van der Waals surface area contributed by atoms with Crippen LogP contribution in [0.2, 0.25) is 0 Å². The van der Waals surface area contributed by atoms with Crippen LogP contribution in [-0.2, 0) is 5.54 Å². The van der Waals surface area contributed by atoms with Gasteiger partial charge in [0.05, 0.1) is 11.1 Å². The van der Waals surface area contributed by atoms with Gasteiger partial charge < -0.3 is 4.57 Å². The van der Waals surface area contributed by atoms with E-state index in [9.17, 15) is 0 Å². The highest BCUT2D eigenvalue weighted by Gasteiger charge is 2.42. The molecule has 8 rings (SSSR count). The zero-order valence-corrected chi connectivity index (χ0v) is 26.3. The predicted molar refractivity (Wildman–Crippen MR) is 193 cm³/mol. The van der Waals surface area contributed by atoms with Gasteiger partial charge >= 0.3 is 0 Å². The molecule has 45 heavy (non-hydrogen) atoms. The molecule has 0 saturated heterocycles. The molecular formula is C42H34N2Si. The summed E-state index contributed by atoms with van der Waals surface area (Å²) in [6.45, 7) is 2.32. The molecule has 7 aromatic rings. The van der Waals surface area contributed by atoms with Crippen LogP contribution in [0.1, 0.15) is 13.3 Å². The second kappa shape index (κ2) is 11.0. The summed E-state index contributed by atoms with van der Waals surface area (Å²) in [6.07, 6.45) is 12.0. The number of fused-ring (bicyclic) bond motifs is 3. The Morgan fingerprint density at radius 3 is 1.80 bits per heavy atom. The van der Waals surface area contributed by atoms with E-state index in [1.165, 1.54) is 48.2 Å². The highest BCUT2D eigenvalue weighted by atomic mass is 28.3. The van der Waals surface area contributed by atoms with Gasteiger partial charge in [-0.1, -0.05) is 158 Å². The van der Waals surface area contributed by atoms with Crippen molar-refractivity contribution in [3.8, 4) is 11.1 Å². The first-order valence-electron chi connectivity index (χ1n) is 15.7. The van der Waals surface area contributed by atoms with Crippen LogP contribution in [0.25, 0.3) is 33.1 Å². The lowest BCUT2D eigenvalue weighted by atomic mass is 9.93. The zero-order valence-electron chi connectivity index (χ0n) is 25.3. The molecule has 1 aliphatic carbocycles. The molecule has 2 nitrogen and oxygen atoms in total. The van der Waals surface area contributed by atoms with Crippen molar-refractivity contribution >= 4 is 50.8 Å². The maximum atomic E-state index is 5.39. The molecule has 2 heterocycles. The number of aromatic nitrogens is 2. The van der Waals surface area contributed by atoms with Crippen LogP contribution in [0.4, 0.5) is 0 Å². The van der Waals surface area contributed by atoms with E-state index in [4.69, 9.17) is 4.98 Å². The number of para-hydroxylation sites is 1. The maximum absolute atomic E-state index is 5.39. The van der Waals surface area contributed by atoms with Crippen molar-refractivity contribution in [2.75, 3.05) is 0 Å². The molecule has 1 atom stereocenters. The summed E-state index contributed by atoms with van der Waals surface area (Å²) in [5.74, 6) is 0. The molecule has 3 heteroatoms. The average Bonchev–Trinajstić information content (AvgIpc) is 3.45. The Hall–Kier alpha value is -5.25. The quantitative estimate of drug-likeness (QED) is 0.144. The zero-order chi connectivity index (χ0) is 30.3. The number of hydrogen-bond donors (Lipinski definition) is 0. The number of benzene rings is 5. The van der Waals surface area contributed by atoms with E-state index in [0.717, 1.165) is 12.1 Å². The van der Waals surface area contributed by atoms with Gasteiger partial charge in [0.2, 0.25) is 0 Å². The van der Waals surface area contributed by atoms with Gasteiger partial charge in [-0.2, -0.15) is 0 Å². The molecule has 0 saturated carbocycles. The molecule has 0 fully saturated rings. The highest BCUT2D eigenvalue weighted by Crippen LogP contribution is 2.37. The van der Waals surface area contributed by atoms with E-state index in [0.29, 0.717) is 0 Å². The van der Waals surface area contributed by atoms with Crippen molar-refractivity contribution in [2.45, 2.75) is 18.9 Å². The van der Waals surface area contributed by atoms with Crippen molar-refractivity contribution < 1.29 is 0 Å². The Bertz CT molecular complexity index is 2140. The van der Waals surface area contributed by atoms with Crippen LogP contribution in [0, 0.1) is 0 Å². The van der Waals surface area contributed by atoms with Crippen molar-refractivity contribution in [1.82, 2.24) is 9.55 Å². The summed E-state index contributed by atoms with van der Waals surface area (Å²) in [5, 5.41) is 7.77. The highest BCUT2D eigenvalue weighted by molar-refractivity contribution is 7.20. The molecule has 0 bridgehead atoms. The third-order valence-electron chi connectivity index (χ3n) is 9.53. The van der Waals surface area contributed by atoms with E-state index in [2.05, 4.69) is 188 Å². The molecule has 5 aromatic carbocycles. The Morgan fingerprint density at radius 1 is 0.578 bits per heavy atom. The first-order valence-corrected chi connectivity index (χ1v) is 17.7. The lowest BCUT2D eigenvalue weighted by molar-refractivity contribution is 0.435. The third kappa shape index (κ3) is 4.42. The van der Waals surface area contributed by atoms with Gasteiger partial charge in [0.1, 0.15) is 5.65 Å². The Kier molecular flexibility index (Phi) is 6.69. The van der Waals surface area contributed by atoms with E-state index in [-0.39, 0.29) is 5.54 Å². The number of hydrogen-bond acceptors (Lipinski definition) is 1. The Balaban J connectivity index is 1.43. The van der Waals surface area contributed by atoms with Gasteiger partial charge in [-0.3, -0.25) is 0 Å². The summed E-state index contributed by atoms with van der Waals surface area (Å²) in [6, 6.07) is 53.4. The van der Waals surface area contributed by atoms with Gasteiger partial charge in [0.15, 0.2) is 8.07 Å². The van der Waals surface area contributed by atoms with Crippen molar-refractivity contribution in [3.05, 3.63) is 176 Å². The molecule has 216 valence electrons. The second-order valence-electron chi connectivity index (χ2n) is 12.2. The fourth-order valence-corrected chi connectivity index (χ4v) is 12.0. The third-order valence-corrected chi connectivity index (χ3v) is 14.3. The SMILES string of the molecule is CC1(n2c3ccccc3c3cc([Si](c4ccccc4)(c4ccccc4)c4ccc(-c5ccccc5)cc4)cnc32)C=CC=CC1. The van der Waals surface area contributed by atoms with E-state index < -0.39 is 8.07 Å². The van der Waals surface area contributed by atoms with Crippen LogP contribution in [0.5, 0.6) is 0 Å². The largest absolute Gasteiger partial charge is 0.316 e. The standard InChI is InChI=1S/C42H34N2Si/c1-42(28-14-5-15-29-42)44-40-23-13-12-22-38(40)39-30-37(31-43-41(39)44)45(34-18-8-3-9-19-34,35-20-10-4-11-21-35)36-26-24-33(25-27-36)32-16-6-2-7-17-32/h2-28,30-31H,29H2,1H3. The van der Waals surface area contributed by atoms with E-state index in [1.54, 1.807) is 0 Å². The van der Waals surface area contributed by atoms with Gasteiger partial charge in [0, 0.05) is 17.0 Å². The summed E-state index contributed by atoms with van der Waals surface area (Å²) in [7, 11) is -2.77. The number of rotatable bonds is 6. The molecule has 0 aliphatic heterocycles. The monoisotopic (exact) mass is 594 g/mol. The molecule has 0 amide bonds. The minimum Gasteiger partial charge on any atom is -0.316 e. The summed E-state index contributed by atoms with van der Waals surface area (Å²) >= 11 is 0. The summed E-state index contributed by atoms with van der Waals surface area (Å²) in [5.41, 5.74) is 4.52. The van der Waals surface area contributed by atoms with Gasteiger partial charge in [0.25, 0.3) is 0 Å². The minimum absolute atomic E-state index is 0.189. The normalized spacial score (nSPS) is 16.4. The van der Waals surface area contributed by atoms with Crippen LogP contribution >= 0.6 is 0 Å². The van der Waals surface area contributed by atoms with Crippen LogP contribution in [0.15, 0.2) is 176 Å². The summed E-state index contributed by atoms with van der Waals surface area (Å²) < 4.78 is 2.45. The van der Waals surface area contributed by atoms with Crippen LogP contribution in [-0.4, -0.2) is 17.6 Å². The smallest absolute Gasteiger partial charge is 0.181 e. The maximum Gasteiger partial charge on any atom is 0.181 e. The van der Waals surface area contributed by atoms with Gasteiger partial charge in [-0.15, -0.1) is 0 Å². The van der Waals surface area contributed by atoms with Crippen molar-refractivity contribution in [1.29, 1.82) is 0 Å². The number of pyridine rings is 1. The fraction of sp³-hybridized carbons (Fsp3) is 0.0714. The lowest BCUT2D eigenvalue weighted by Gasteiger charge is -2.34. The molecule has 0 radical (unpaired) electrons.